The lowest BCUT2D eigenvalue weighted by Gasteiger charge is -2.12. The Morgan fingerprint density at radius 1 is 1.12 bits per heavy atom. The topological polar surface area (TPSA) is 99.9 Å². The fraction of sp³-hybridized carbons (Fsp3) is 0.235. The van der Waals surface area contributed by atoms with E-state index in [1.165, 1.54) is 20.3 Å². The summed E-state index contributed by atoms with van der Waals surface area (Å²) in [5.74, 6) is 0.839. The van der Waals surface area contributed by atoms with Crippen LogP contribution >= 0.6 is 0 Å². The van der Waals surface area contributed by atoms with Gasteiger partial charge in [-0.05, 0) is 31.2 Å². The lowest BCUT2D eigenvalue weighted by molar-refractivity contribution is -0.385. The van der Waals surface area contributed by atoms with E-state index in [0.717, 1.165) is 0 Å². The van der Waals surface area contributed by atoms with Gasteiger partial charge in [0.2, 0.25) is 0 Å². The molecule has 8 nitrogen and oxygen atoms in total. The van der Waals surface area contributed by atoms with Gasteiger partial charge in [0.05, 0.1) is 30.9 Å². The number of nitrogens with one attached hydrogen (secondary N) is 1. The van der Waals surface area contributed by atoms with Crippen molar-refractivity contribution in [1.29, 1.82) is 0 Å². The number of methoxy groups -OCH3 is 2. The van der Waals surface area contributed by atoms with E-state index in [0.29, 0.717) is 22.7 Å². The second-order valence-electron chi connectivity index (χ2n) is 5.11. The average molecular weight is 346 g/mol. The lowest BCUT2D eigenvalue weighted by atomic mass is 10.2. The molecule has 0 fully saturated rings. The first-order chi connectivity index (χ1) is 11.9. The minimum Gasteiger partial charge on any atom is -0.497 e. The summed E-state index contributed by atoms with van der Waals surface area (Å²) in [7, 11) is 3.00. The van der Waals surface area contributed by atoms with Crippen LogP contribution in [0.5, 0.6) is 17.2 Å². The van der Waals surface area contributed by atoms with Gasteiger partial charge in [0, 0.05) is 11.6 Å². The third-order valence-electron chi connectivity index (χ3n) is 3.43. The molecule has 1 N–H and O–H groups in total. The van der Waals surface area contributed by atoms with E-state index in [-0.39, 0.29) is 18.0 Å². The first kappa shape index (κ1) is 18.1. The number of amides is 1. The monoisotopic (exact) mass is 346 g/mol. The highest BCUT2D eigenvalue weighted by Gasteiger charge is 2.13. The Kier molecular flexibility index (Phi) is 5.78. The number of nitro groups is 1. The second-order valence-corrected chi connectivity index (χ2v) is 5.11. The number of carbonyl (C=O) groups is 1. The number of ether oxygens (including phenoxy) is 3. The van der Waals surface area contributed by atoms with Crippen LogP contribution in [0, 0.1) is 17.0 Å². The smallest absolute Gasteiger partial charge is 0.276 e. The van der Waals surface area contributed by atoms with E-state index < -0.39 is 10.8 Å². The normalized spacial score (nSPS) is 10.0. The third-order valence-corrected chi connectivity index (χ3v) is 3.43. The molecule has 132 valence electrons. The number of hydrogen-bond acceptors (Lipinski definition) is 6. The number of anilines is 1. The molecule has 0 atom stereocenters. The Balaban J connectivity index is 2.04. The molecule has 2 aromatic carbocycles. The molecule has 0 aliphatic carbocycles. The van der Waals surface area contributed by atoms with Gasteiger partial charge >= 0.3 is 0 Å². The minimum absolute atomic E-state index is 0.0626. The van der Waals surface area contributed by atoms with Crippen molar-refractivity contribution in [2.45, 2.75) is 6.92 Å². The van der Waals surface area contributed by atoms with Crippen LogP contribution in [0.25, 0.3) is 0 Å². The fourth-order valence-electron chi connectivity index (χ4n) is 2.12. The summed E-state index contributed by atoms with van der Waals surface area (Å²) in [5.41, 5.74) is 0.889. The number of aryl methyl sites for hydroxylation is 1. The SMILES string of the molecule is COc1ccc(OC)c(NC(=O)COc2ccc(C)c([N+](=O)[O-])c2)c1. The summed E-state index contributed by atoms with van der Waals surface area (Å²) in [6.45, 7) is 1.32. The predicted molar refractivity (Wildman–Crippen MR) is 91.5 cm³/mol. The van der Waals surface area contributed by atoms with Crippen LogP contribution in [-0.2, 0) is 4.79 Å². The molecular weight excluding hydrogens is 328 g/mol. The largest absolute Gasteiger partial charge is 0.497 e. The number of nitrogens with zero attached hydrogens (tertiary/aromatic N) is 1. The predicted octanol–water partition coefficient (Wildman–Crippen LogP) is 2.94. The summed E-state index contributed by atoms with van der Waals surface area (Å²) in [6, 6.07) is 9.41. The van der Waals surface area contributed by atoms with Gasteiger partial charge in [-0.1, -0.05) is 0 Å². The Hall–Kier alpha value is -3.29. The van der Waals surface area contributed by atoms with Crippen LogP contribution < -0.4 is 19.5 Å². The van der Waals surface area contributed by atoms with Gasteiger partial charge in [0.15, 0.2) is 6.61 Å². The van der Waals surface area contributed by atoms with E-state index in [4.69, 9.17) is 14.2 Å². The standard InChI is InChI=1S/C17H18N2O6/c1-11-4-5-13(9-15(11)19(21)22)25-10-17(20)18-14-8-12(23-2)6-7-16(14)24-3/h4-9H,10H2,1-3H3,(H,18,20). The second kappa shape index (κ2) is 8.00. The molecule has 0 unspecified atom stereocenters. The van der Waals surface area contributed by atoms with Crippen molar-refractivity contribution in [2.24, 2.45) is 0 Å². The van der Waals surface area contributed by atoms with Crippen molar-refractivity contribution in [3.05, 3.63) is 52.1 Å². The van der Waals surface area contributed by atoms with E-state index in [9.17, 15) is 14.9 Å². The summed E-state index contributed by atoms with van der Waals surface area (Å²) in [4.78, 5) is 22.5. The molecule has 0 radical (unpaired) electrons. The average Bonchev–Trinajstić information content (AvgIpc) is 2.60. The van der Waals surface area contributed by atoms with Crippen molar-refractivity contribution < 1.29 is 23.9 Å². The van der Waals surface area contributed by atoms with Crippen molar-refractivity contribution in [2.75, 3.05) is 26.1 Å². The molecule has 0 saturated heterocycles. The maximum Gasteiger partial charge on any atom is 0.276 e. The zero-order chi connectivity index (χ0) is 18.4. The number of benzene rings is 2. The van der Waals surface area contributed by atoms with Crippen molar-refractivity contribution in [3.63, 3.8) is 0 Å². The van der Waals surface area contributed by atoms with Gasteiger partial charge in [-0.2, -0.15) is 0 Å². The van der Waals surface area contributed by atoms with Crippen LogP contribution in [0.4, 0.5) is 11.4 Å². The molecule has 0 aliphatic rings. The molecule has 0 aromatic heterocycles. The van der Waals surface area contributed by atoms with Crippen molar-refractivity contribution in [1.82, 2.24) is 0 Å². The maximum absolute atomic E-state index is 12.1. The van der Waals surface area contributed by atoms with Gasteiger partial charge in [0.1, 0.15) is 17.2 Å². The Bertz CT molecular complexity index is 791. The number of rotatable bonds is 7. The highest BCUT2D eigenvalue weighted by Crippen LogP contribution is 2.29. The number of carbonyl (C=O) groups excluding carboxylic acids is 1. The molecule has 2 aromatic rings. The zero-order valence-corrected chi connectivity index (χ0v) is 14.1. The van der Waals surface area contributed by atoms with Crippen LogP contribution in [0.1, 0.15) is 5.56 Å². The Morgan fingerprint density at radius 3 is 2.48 bits per heavy atom. The first-order valence-electron chi connectivity index (χ1n) is 7.34. The van der Waals surface area contributed by atoms with Crippen LogP contribution in [0.3, 0.4) is 0 Å². The highest BCUT2D eigenvalue weighted by atomic mass is 16.6. The molecular formula is C17H18N2O6. The summed E-state index contributed by atoms with van der Waals surface area (Å²) < 4.78 is 15.6. The van der Waals surface area contributed by atoms with Crippen LogP contribution in [-0.4, -0.2) is 31.7 Å². The van der Waals surface area contributed by atoms with Crippen molar-refractivity contribution >= 4 is 17.3 Å². The van der Waals surface area contributed by atoms with Gasteiger partial charge in [-0.15, -0.1) is 0 Å². The number of hydrogen-bond donors (Lipinski definition) is 1. The van der Waals surface area contributed by atoms with Gasteiger partial charge < -0.3 is 19.5 Å². The number of nitro benzene ring substituents is 1. The minimum atomic E-state index is -0.497. The molecule has 0 bridgehead atoms. The molecule has 0 saturated carbocycles. The summed E-state index contributed by atoms with van der Waals surface area (Å²) in [5, 5.41) is 13.6. The van der Waals surface area contributed by atoms with Crippen LogP contribution in [0.2, 0.25) is 0 Å². The van der Waals surface area contributed by atoms with Gasteiger partial charge in [-0.25, -0.2) is 0 Å². The highest BCUT2D eigenvalue weighted by molar-refractivity contribution is 5.93. The quantitative estimate of drug-likeness (QED) is 0.611. The fourth-order valence-corrected chi connectivity index (χ4v) is 2.12. The summed E-state index contributed by atoms with van der Waals surface area (Å²) in [6.07, 6.45) is 0. The maximum atomic E-state index is 12.1. The van der Waals surface area contributed by atoms with E-state index in [2.05, 4.69) is 5.32 Å². The molecule has 0 aliphatic heterocycles. The van der Waals surface area contributed by atoms with Crippen LogP contribution in [0.15, 0.2) is 36.4 Å². The van der Waals surface area contributed by atoms with E-state index in [1.54, 1.807) is 37.3 Å². The molecule has 25 heavy (non-hydrogen) atoms. The Labute approximate surface area is 144 Å². The van der Waals surface area contributed by atoms with Gasteiger partial charge in [-0.3, -0.25) is 14.9 Å². The van der Waals surface area contributed by atoms with E-state index >= 15 is 0 Å². The molecule has 8 heteroatoms. The first-order valence-corrected chi connectivity index (χ1v) is 7.34. The van der Waals surface area contributed by atoms with Gasteiger partial charge in [0.25, 0.3) is 11.6 Å². The zero-order valence-electron chi connectivity index (χ0n) is 14.1. The molecule has 2 rings (SSSR count). The van der Waals surface area contributed by atoms with E-state index in [1.807, 2.05) is 0 Å². The lowest BCUT2D eigenvalue weighted by Crippen LogP contribution is -2.20. The Morgan fingerprint density at radius 2 is 1.84 bits per heavy atom. The third kappa shape index (κ3) is 4.60. The van der Waals surface area contributed by atoms with Crippen molar-refractivity contribution in [3.8, 4) is 17.2 Å². The summed E-state index contributed by atoms with van der Waals surface area (Å²) >= 11 is 0. The molecule has 0 heterocycles. The molecule has 1 amide bonds. The molecule has 0 spiro atoms.